The normalized spacial score (nSPS) is 19.2. The number of Topliss-reactive ketones (excluding diaryl/α,β-unsaturated/α-hetero) is 1. The lowest BCUT2D eigenvalue weighted by molar-refractivity contribution is 0.0871. The van der Waals surface area contributed by atoms with E-state index >= 15 is 0 Å². The minimum Gasteiger partial charge on any atom is -0.313 e. The van der Waals surface area contributed by atoms with Crippen LogP contribution < -0.4 is 0 Å². The number of aryl methyl sites for hydroxylation is 1. The number of hydrogen-bond donors (Lipinski definition) is 0. The summed E-state index contributed by atoms with van der Waals surface area (Å²) in [5, 5.41) is 0. The Balaban J connectivity index is 2.13. The highest BCUT2D eigenvalue weighted by atomic mass is 16.1. The average molecular weight is 256 g/mol. The van der Waals surface area contributed by atoms with Crippen molar-refractivity contribution in [2.24, 2.45) is 5.92 Å². The van der Waals surface area contributed by atoms with E-state index in [2.05, 4.69) is 22.3 Å². The van der Waals surface area contributed by atoms with Crippen molar-refractivity contribution in [1.29, 1.82) is 0 Å². The number of ketones is 1. The quantitative estimate of drug-likeness (QED) is 0.825. The number of rotatable bonds is 2. The standard InChI is InChI=1S/C16H20N2O/c1-11-13-8-7-12(10-17(2)3)16(19)15(13)18-9-5-4-6-14(11)18/h4-6,9,12H,7-8,10H2,1-3H3. The van der Waals surface area contributed by atoms with Gasteiger partial charge >= 0.3 is 0 Å². The van der Waals surface area contributed by atoms with E-state index in [0.29, 0.717) is 5.78 Å². The molecule has 2 aromatic heterocycles. The van der Waals surface area contributed by atoms with Gasteiger partial charge in [0.1, 0.15) is 0 Å². The lowest BCUT2D eigenvalue weighted by Crippen LogP contribution is -2.32. The summed E-state index contributed by atoms with van der Waals surface area (Å²) in [4.78, 5) is 14.8. The van der Waals surface area contributed by atoms with Crippen LogP contribution in [0.15, 0.2) is 24.4 Å². The molecule has 1 aliphatic rings. The minimum absolute atomic E-state index is 0.139. The number of aromatic nitrogens is 1. The van der Waals surface area contributed by atoms with Gasteiger partial charge in [0.2, 0.25) is 0 Å². The first-order chi connectivity index (χ1) is 9.09. The molecule has 3 heteroatoms. The van der Waals surface area contributed by atoms with Crippen LogP contribution in [0.4, 0.5) is 0 Å². The first kappa shape index (κ1) is 12.4. The summed E-state index contributed by atoms with van der Waals surface area (Å²) in [6.07, 6.45) is 4.01. The van der Waals surface area contributed by atoms with Gasteiger partial charge in [-0.3, -0.25) is 4.79 Å². The number of pyridine rings is 1. The third kappa shape index (κ3) is 1.89. The third-order valence-electron chi connectivity index (χ3n) is 4.16. The Kier molecular flexibility index (Phi) is 2.94. The lowest BCUT2D eigenvalue weighted by atomic mass is 9.85. The van der Waals surface area contributed by atoms with E-state index in [4.69, 9.17) is 0 Å². The first-order valence-corrected chi connectivity index (χ1v) is 6.87. The van der Waals surface area contributed by atoms with E-state index in [1.54, 1.807) is 0 Å². The van der Waals surface area contributed by atoms with E-state index < -0.39 is 0 Å². The van der Waals surface area contributed by atoms with Crippen molar-refractivity contribution >= 4 is 11.3 Å². The molecule has 19 heavy (non-hydrogen) atoms. The lowest BCUT2D eigenvalue weighted by Gasteiger charge is -2.24. The molecule has 0 N–H and O–H groups in total. The number of nitrogens with zero attached hydrogens (tertiary/aromatic N) is 2. The third-order valence-corrected chi connectivity index (χ3v) is 4.16. The summed E-state index contributed by atoms with van der Waals surface area (Å²) in [6, 6.07) is 6.13. The van der Waals surface area contributed by atoms with Crippen LogP contribution in [0.25, 0.3) is 5.52 Å². The van der Waals surface area contributed by atoms with E-state index in [1.807, 2.05) is 32.4 Å². The SMILES string of the molecule is Cc1c2c(n3ccccc13)C(=O)C(CN(C)C)CC2. The zero-order valence-corrected chi connectivity index (χ0v) is 11.8. The molecule has 0 spiro atoms. The fourth-order valence-electron chi connectivity index (χ4n) is 3.25. The van der Waals surface area contributed by atoms with Crippen LogP contribution in [-0.4, -0.2) is 35.7 Å². The Morgan fingerprint density at radius 3 is 2.89 bits per heavy atom. The molecule has 3 nitrogen and oxygen atoms in total. The summed E-state index contributed by atoms with van der Waals surface area (Å²) in [6.45, 7) is 2.98. The fraction of sp³-hybridized carbons (Fsp3) is 0.438. The van der Waals surface area contributed by atoms with Crippen LogP contribution in [0.1, 0.15) is 28.0 Å². The summed E-state index contributed by atoms with van der Waals surface area (Å²) in [7, 11) is 4.06. The number of carbonyl (C=O) groups is 1. The van der Waals surface area contributed by atoms with Crippen molar-refractivity contribution in [1.82, 2.24) is 9.30 Å². The Morgan fingerprint density at radius 1 is 1.37 bits per heavy atom. The Labute approximate surface area is 113 Å². The van der Waals surface area contributed by atoms with Gasteiger partial charge in [-0.15, -0.1) is 0 Å². The van der Waals surface area contributed by atoms with Gasteiger partial charge in [0.25, 0.3) is 0 Å². The molecule has 0 radical (unpaired) electrons. The molecule has 0 saturated carbocycles. The van der Waals surface area contributed by atoms with Crippen LogP contribution in [0.2, 0.25) is 0 Å². The maximum Gasteiger partial charge on any atom is 0.184 e. The molecule has 0 fully saturated rings. The maximum absolute atomic E-state index is 12.7. The molecule has 100 valence electrons. The second-order valence-corrected chi connectivity index (χ2v) is 5.77. The Morgan fingerprint density at radius 2 is 2.16 bits per heavy atom. The highest BCUT2D eigenvalue weighted by molar-refractivity contribution is 6.01. The number of hydrogen-bond acceptors (Lipinski definition) is 2. The van der Waals surface area contributed by atoms with Gasteiger partial charge in [0.05, 0.1) is 5.69 Å². The maximum atomic E-state index is 12.7. The van der Waals surface area contributed by atoms with Crippen LogP contribution in [0.5, 0.6) is 0 Å². The van der Waals surface area contributed by atoms with Crippen molar-refractivity contribution in [3.05, 3.63) is 41.2 Å². The minimum atomic E-state index is 0.139. The molecule has 2 aromatic rings. The van der Waals surface area contributed by atoms with Crippen LogP contribution in [-0.2, 0) is 6.42 Å². The second-order valence-electron chi connectivity index (χ2n) is 5.77. The van der Waals surface area contributed by atoms with Crippen LogP contribution in [0, 0.1) is 12.8 Å². The molecule has 3 rings (SSSR count). The van der Waals surface area contributed by atoms with Gasteiger partial charge < -0.3 is 9.30 Å². The van der Waals surface area contributed by atoms with Gasteiger partial charge in [-0.25, -0.2) is 0 Å². The van der Waals surface area contributed by atoms with E-state index in [9.17, 15) is 4.79 Å². The summed E-state index contributed by atoms with van der Waals surface area (Å²) >= 11 is 0. The van der Waals surface area contributed by atoms with Gasteiger partial charge in [0, 0.05) is 24.2 Å². The second kappa shape index (κ2) is 4.49. The average Bonchev–Trinajstić information content (AvgIpc) is 2.67. The Hall–Kier alpha value is -1.61. The molecule has 2 heterocycles. The van der Waals surface area contributed by atoms with E-state index in [-0.39, 0.29) is 5.92 Å². The van der Waals surface area contributed by atoms with Crippen molar-refractivity contribution < 1.29 is 4.79 Å². The smallest absolute Gasteiger partial charge is 0.184 e. The van der Waals surface area contributed by atoms with Crippen molar-refractivity contribution in [2.75, 3.05) is 20.6 Å². The predicted molar refractivity (Wildman–Crippen MR) is 76.8 cm³/mol. The highest BCUT2D eigenvalue weighted by Crippen LogP contribution is 2.32. The molecule has 1 aliphatic carbocycles. The number of fused-ring (bicyclic) bond motifs is 3. The monoisotopic (exact) mass is 256 g/mol. The van der Waals surface area contributed by atoms with Gasteiger partial charge in [-0.2, -0.15) is 0 Å². The van der Waals surface area contributed by atoms with E-state index in [0.717, 1.165) is 25.1 Å². The van der Waals surface area contributed by atoms with Gasteiger partial charge in [0.15, 0.2) is 5.78 Å². The van der Waals surface area contributed by atoms with Crippen molar-refractivity contribution in [3.8, 4) is 0 Å². The molecule has 0 amide bonds. The summed E-state index contributed by atoms with van der Waals surface area (Å²) in [5.41, 5.74) is 4.62. The molecule has 0 bridgehead atoms. The zero-order chi connectivity index (χ0) is 13.6. The van der Waals surface area contributed by atoms with Gasteiger partial charge in [-0.1, -0.05) is 6.07 Å². The molecule has 0 aliphatic heterocycles. The molecule has 1 unspecified atom stereocenters. The summed E-state index contributed by atoms with van der Waals surface area (Å²) in [5.74, 6) is 0.449. The number of carbonyl (C=O) groups excluding carboxylic acids is 1. The van der Waals surface area contributed by atoms with Crippen LogP contribution >= 0.6 is 0 Å². The highest BCUT2D eigenvalue weighted by Gasteiger charge is 2.32. The van der Waals surface area contributed by atoms with Crippen molar-refractivity contribution in [2.45, 2.75) is 19.8 Å². The fourth-order valence-corrected chi connectivity index (χ4v) is 3.25. The Bertz CT molecular complexity index is 639. The predicted octanol–water partition coefficient (Wildman–Crippen LogP) is 2.55. The molecule has 0 aromatic carbocycles. The summed E-state index contributed by atoms with van der Waals surface area (Å²) < 4.78 is 2.08. The van der Waals surface area contributed by atoms with Gasteiger partial charge in [-0.05, 0) is 57.1 Å². The largest absolute Gasteiger partial charge is 0.313 e. The molecular weight excluding hydrogens is 236 g/mol. The zero-order valence-electron chi connectivity index (χ0n) is 11.8. The molecular formula is C16H20N2O. The van der Waals surface area contributed by atoms with Crippen LogP contribution in [0.3, 0.4) is 0 Å². The van der Waals surface area contributed by atoms with E-state index in [1.165, 1.54) is 16.6 Å². The molecule has 1 atom stereocenters. The topological polar surface area (TPSA) is 24.7 Å². The molecule has 0 saturated heterocycles. The van der Waals surface area contributed by atoms with Crippen molar-refractivity contribution in [3.63, 3.8) is 0 Å². The first-order valence-electron chi connectivity index (χ1n) is 6.87.